The Morgan fingerprint density at radius 1 is 1.56 bits per heavy atom. The molecule has 1 aromatic heterocycles. The molecule has 0 aromatic carbocycles. The second-order valence-electron chi connectivity index (χ2n) is 3.58. The van der Waals surface area contributed by atoms with Crippen LogP contribution < -0.4 is 5.73 Å². The number of aryl methyl sites for hydroxylation is 1. The highest BCUT2D eigenvalue weighted by Gasteiger charge is 2.12. The first-order valence-electron chi connectivity index (χ1n) is 5.21. The Bertz CT molecular complexity index is 379. The van der Waals surface area contributed by atoms with Gasteiger partial charge in [-0.2, -0.15) is 0 Å². The van der Waals surface area contributed by atoms with Gasteiger partial charge in [0.15, 0.2) is 0 Å². The molecule has 0 radical (unpaired) electrons. The van der Waals surface area contributed by atoms with Gasteiger partial charge >= 0.3 is 0 Å². The zero-order valence-electron chi connectivity index (χ0n) is 9.60. The number of nitrogens with two attached hydrogens (primary N) is 1. The van der Waals surface area contributed by atoms with Gasteiger partial charge in [-0.3, -0.25) is 4.79 Å². The monoisotopic (exact) mass is 223 g/mol. The fourth-order valence-electron chi connectivity index (χ4n) is 1.39. The largest absolute Gasteiger partial charge is 0.395 e. The van der Waals surface area contributed by atoms with Gasteiger partial charge in [-0.05, 0) is 18.6 Å². The van der Waals surface area contributed by atoms with E-state index in [1.54, 1.807) is 19.2 Å². The standard InChI is InChI=1S/C11H17N3O2/c1-3-9-6-8(7-10(12)13-9)11(16)14(2)4-5-15/h6-7,15H,3-5H2,1-2H3,(H2,12,13). The Labute approximate surface area is 94.9 Å². The van der Waals surface area contributed by atoms with Gasteiger partial charge in [-0.15, -0.1) is 0 Å². The summed E-state index contributed by atoms with van der Waals surface area (Å²) in [5.41, 5.74) is 6.92. The Hall–Kier alpha value is -1.62. The molecule has 0 saturated heterocycles. The summed E-state index contributed by atoms with van der Waals surface area (Å²) in [6, 6.07) is 3.28. The normalized spacial score (nSPS) is 10.2. The average molecular weight is 223 g/mol. The number of carbonyl (C=O) groups excluding carboxylic acids is 1. The lowest BCUT2D eigenvalue weighted by molar-refractivity contribution is 0.0767. The number of aliphatic hydroxyl groups is 1. The SMILES string of the molecule is CCc1cc(C(=O)N(C)CCO)cc(N)n1. The molecular weight excluding hydrogens is 206 g/mol. The third kappa shape index (κ3) is 2.93. The van der Waals surface area contributed by atoms with Gasteiger partial charge in [-0.1, -0.05) is 6.92 Å². The number of rotatable bonds is 4. The molecule has 1 amide bonds. The number of likely N-dealkylation sites (N-methyl/N-ethyl adjacent to an activating group) is 1. The van der Waals surface area contributed by atoms with Crippen LogP contribution in [0, 0.1) is 0 Å². The van der Waals surface area contributed by atoms with Crippen LogP contribution in [-0.4, -0.2) is 41.1 Å². The predicted molar refractivity (Wildman–Crippen MR) is 62.1 cm³/mol. The third-order valence-corrected chi connectivity index (χ3v) is 2.29. The van der Waals surface area contributed by atoms with Crippen molar-refractivity contribution in [2.24, 2.45) is 0 Å². The molecule has 0 atom stereocenters. The van der Waals surface area contributed by atoms with E-state index in [9.17, 15) is 4.79 Å². The summed E-state index contributed by atoms with van der Waals surface area (Å²) in [6.45, 7) is 2.21. The lowest BCUT2D eigenvalue weighted by atomic mass is 10.1. The number of hydrogen-bond donors (Lipinski definition) is 2. The average Bonchev–Trinajstić information content (AvgIpc) is 2.27. The topological polar surface area (TPSA) is 79.5 Å². The molecule has 3 N–H and O–H groups in total. The smallest absolute Gasteiger partial charge is 0.253 e. The number of pyridine rings is 1. The van der Waals surface area contributed by atoms with Crippen molar-refractivity contribution in [3.05, 3.63) is 23.4 Å². The summed E-state index contributed by atoms with van der Waals surface area (Å²) in [6.07, 6.45) is 0.731. The van der Waals surface area contributed by atoms with Crippen molar-refractivity contribution >= 4 is 11.7 Å². The van der Waals surface area contributed by atoms with E-state index in [0.717, 1.165) is 12.1 Å². The molecule has 0 unspecified atom stereocenters. The zero-order chi connectivity index (χ0) is 12.1. The summed E-state index contributed by atoms with van der Waals surface area (Å²) in [7, 11) is 1.64. The van der Waals surface area contributed by atoms with Crippen LogP contribution >= 0.6 is 0 Å². The van der Waals surface area contributed by atoms with Crippen molar-refractivity contribution in [2.45, 2.75) is 13.3 Å². The Kier molecular flexibility index (Phi) is 4.25. The van der Waals surface area contributed by atoms with Crippen LogP contribution in [0.3, 0.4) is 0 Å². The minimum absolute atomic E-state index is 0.0521. The Morgan fingerprint density at radius 3 is 2.81 bits per heavy atom. The van der Waals surface area contributed by atoms with E-state index in [-0.39, 0.29) is 12.5 Å². The molecule has 16 heavy (non-hydrogen) atoms. The lowest BCUT2D eigenvalue weighted by Gasteiger charge is -2.16. The quantitative estimate of drug-likeness (QED) is 0.769. The van der Waals surface area contributed by atoms with Gasteiger partial charge in [0, 0.05) is 24.8 Å². The van der Waals surface area contributed by atoms with Crippen molar-refractivity contribution < 1.29 is 9.90 Å². The zero-order valence-corrected chi connectivity index (χ0v) is 9.60. The molecule has 0 aliphatic carbocycles. The highest BCUT2D eigenvalue weighted by molar-refractivity contribution is 5.94. The fraction of sp³-hybridized carbons (Fsp3) is 0.455. The maximum absolute atomic E-state index is 11.9. The van der Waals surface area contributed by atoms with Gasteiger partial charge < -0.3 is 15.7 Å². The van der Waals surface area contributed by atoms with E-state index in [4.69, 9.17) is 10.8 Å². The first-order valence-corrected chi connectivity index (χ1v) is 5.21. The van der Waals surface area contributed by atoms with E-state index < -0.39 is 0 Å². The van der Waals surface area contributed by atoms with E-state index in [2.05, 4.69) is 4.98 Å². The summed E-state index contributed by atoms with van der Waals surface area (Å²) < 4.78 is 0. The van der Waals surface area contributed by atoms with Crippen LogP contribution in [0.5, 0.6) is 0 Å². The summed E-state index contributed by atoms with van der Waals surface area (Å²) in [4.78, 5) is 17.4. The molecule has 5 heteroatoms. The number of hydrogen-bond acceptors (Lipinski definition) is 4. The van der Waals surface area contributed by atoms with Crippen LogP contribution in [0.4, 0.5) is 5.82 Å². The van der Waals surface area contributed by atoms with Crippen molar-refractivity contribution in [3.63, 3.8) is 0 Å². The molecule has 5 nitrogen and oxygen atoms in total. The minimum atomic E-state index is -0.155. The second kappa shape index (κ2) is 5.46. The number of aromatic nitrogens is 1. The first kappa shape index (κ1) is 12.4. The Balaban J connectivity index is 2.94. The number of anilines is 1. The maximum Gasteiger partial charge on any atom is 0.253 e. The summed E-state index contributed by atoms with van der Waals surface area (Å²) in [5, 5.41) is 8.76. The van der Waals surface area contributed by atoms with Gasteiger partial charge in [-0.25, -0.2) is 4.98 Å². The van der Waals surface area contributed by atoms with Gasteiger partial charge in [0.2, 0.25) is 0 Å². The molecule has 0 aliphatic rings. The molecule has 0 aliphatic heterocycles. The molecule has 1 aromatic rings. The number of nitrogen functional groups attached to an aromatic ring is 1. The minimum Gasteiger partial charge on any atom is -0.395 e. The third-order valence-electron chi connectivity index (χ3n) is 2.29. The van der Waals surface area contributed by atoms with Crippen LogP contribution in [-0.2, 0) is 6.42 Å². The number of carbonyl (C=O) groups is 1. The van der Waals surface area contributed by atoms with E-state index in [0.29, 0.717) is 17.9 Å². The Morgan fingerprint density at radius 2 is 2.25 bits per heavy atom. The number of aliphatic hydroxyl groups excluding tert-OH is 1. The molecular formula is C11H17N3O2. The van der Waals surface area contributed by atoms with Crippen LogP contribution in [0.15, 0.2) is 12.1 Å². The molecule has 1 heterocycles. The first-order chi connectivity index (χ1) is 7.58. The van der Waals surface area contributed by atoms with Crippen molar-refractivity contribution in [1.82, 2.24) is 9.88 Å². The maximum atomic E-state index is 11.9. The van der Waals surface area contributed by atoms with Crippen LogP contribution in [0.1, 0.15) is 23.0 Å². The predicted octanol–water partition coefficient (Wildman–Crippen LogP) is 0.290. The summed E-state index contributed by atoms with van der Waals surface area (Å²) >= 11 is 0. The number of amides is 1. The molecule has 1 rings (SSSR count). The van der Waals surface area contributed by atoms with Crippen molar-refractivity contribution in [3.8, 4) is 0 Å². The molecule has 0 saturated carbocycles. The number of nitrogens with zero attached hydrogens (tertiary/aromatic N) is 2. The van der Waals surface area contributed by atoms with Gasteiger partial charge in [0.05, 0.1) is 6.61 Å². The molecule has 0 fully saturated rings. The lowest BCUT2D eigenvalue weighted by Crippen LogP contribution is -2.29. The van der Waals surface area contributed by atoms with Crippen LogP contribution in [0.2, 0.25) is 0 Å². The van der Waals surface area contributed by atoms with Crippen molar-refractivity contribution in [2.75, 3.05) is 25.9 Å². The second-order valence-corrected chi connectivity index (χ2v) is 3.58. The highest BCUT2D eigenvalue weighted by atomic mass is 16.3. The van der Waals surface area contributed by atoms with E-state index >= 15 is 0 Å². The van der Waals surface area contributed by atoms with Crippen LogP contribution in [0.25, 0.3) is 0 Å². The van der Waals surface area contributed by atoms with Gasteiger partial charge in [0.25, 0.3) is 5.91 Å². The molecule has 0 bridgehead atoms. The van der Waals surface area contributed by atoms with Crippen molar-refractivity contribution in [1.29, 1.82) is 0 Å². The molecule has 88 valence electrons. The summed E-state index contributed by atoms with van der Waals surface area (Å²) in [5.74, 6) is 0.193. The van der Waals surface area contributed by atoms with E-state index in [1.165, 1.54) is 4.90 Å². The molecule has 0 spiro atoms. The van der Waals surface area contributed by atoms with Gasteiger partial charge in [0.1, 0.15) is 5.82 Å². The highest BCUT2D eigenvalue weighted by Crippen LogP contribution is 2.10. The fourth-order valence-corrected chi connectivity index (χ4v) is 1.39. The van der Waals surface area contributed by atoms with E-state index in [1.807, 2.05) is 6.92 Å².